The Kier molecular flexibility index (Phi) is 13.4. The molecule has 1 heteroatoms. The van der Waals surface area contributed by atoms with E-state index in [4.69, 9.17) is 0 Å². The van der Waals surface area contributed by atoms with Crippen LogP contribution in [-0.2, 0) is 0 Å². The van der Waals surface area contributed by atoms with Crippen molar-refractivity contribution < 1.29 is 5.11 Å². The Balaban J connectivity index is 0. The van der Waals surface area contributed by atoms with E-state index in [0.717, 1.165) is 6.42 Å². The minimum absolute atomic E-state index is 0.256. The Morgan fingerprint density at radius 1 is 1.07 bits per heavy atom. The second-order valence-corrected chi connectivity index (χ2v) is 3.64. The number of hydrogen-bond donors (Lipinski definition) is 1. The monoisotopic (exact) mass is 214 g/mol. The summed E-state index contributed by atoms with van der Waals surface area (Å²) in [5, 5.41) is 9.21. The SMILES string of the molecule is C/C=C/CC1(CO)CCCC1.CC.CC. The van der Waals surface area contributed by atoms with Gasteiger partial charge in [0.25, 0.3) is 0 Å². The molecule has 0 heterocycles. The fraction of sp³-hybridized carbons (Fsp3) is 0.857. The third kappa shape index (κ3) is 6.72. The largest absolute Gasteiger partial charge is 0.396 e. The molecule has 1 N–H and O–H groups in total. The Hall–Kier alpha value is -0.300. The molecule has 0 aliphatic heterocycles. The number of hydrogen-bond acceptors (Lipinski definition) is 1. The van der Waals surface area contributed by atoms with Crippen molar-refractivity contribution >= 4 is 0 Å². The van der Waals surface area contributed by atoms with Crippen molar-refractivity contribution in [2.24, 2.45) is 5.41 Å². The maximum atomic E-state index is 9.21. The molecular formula is C14H30O. The van der Waals surface area contributed by atoms with Gasteiger partial charge in [-0.25, -0.2) is 0 Å². The summed E-state index contributed by atoms with van der Waals surface area (Å²) in [6, 6.07) is 0. The Labute approximate surface area is 96.6 Å². The van der Waals surface area contributed by atoms with Crippen molar-refractivity contribution in [2.75, 3.05) is 6.61 Å². The first-order valence-corrected chi connectivity index (χ1v) is 6.55. The molecule has 1 rings (SSSR count). The van der Waals surface area contributed by atoms with E-state index in [0.29, 0.717) is 6.61 Å². The molecule has 0 unspecified atom stereocenters. The van der Waals surface area contributed by atoms with E-state index in [1.54, 1.807) is 0 Å². The molecule has 15 heavy (non-hydrogen) atoms. The molecule has 0 aromatic heterocycles. The van der Waals surface area contributed by atoms with Crippen molar-refractivity contribution in [3.63, 3.8) is 0 Å². The molecule has 1 fully saturated rings. The first-order chi connectivity index (χ1) is 7.33. The van der Waals surface area contributed by atoms with Gasteiger partial charge in [0.15, 0.2) is 0 Å². The summed E-state index contributed by atoms with van der Waals surface area (Å²) >= 11 is 0. The predicted octanol–water partition coefficient (Wildman–Crippen LogP) is 4.56. The molecule has 1 saturated carbocycles. The van der Waals surface area contributed by atoms with E-state index < -0.39 is 0 Å². The van der Waals surface area contributed by atoms with Crippen molar-refractivity contribution in [2.45, 2.75) is 66.7 Å². The number of aliphatic hydroxyl groups is 1. The lowest BCUT2D eigenvalue weighted by Gasteiger charge is -2.24. The van der Waals surface area contributed by atoms with E-state index in [9.17, 15) is 5.11 Å². The minimum Gasteiger partial charge on any atom is -0.396 e. The molecule has 0 spiro atoms. The summed E-state index contributed by atoms with van der Waals surface area (Å²) in [6.45, 7) is 10.4. The van der Waals surface area contributed by atoms with Crippen LogP contribution in [0, 0.1) is 5.41 Å². The maximum Gasteiger partial charge on any atom is 0.0490 e. The lowest BCUT2D eigenvalue weighted by molar-refractivity contribution is 0.133. The van der Waals surface area contributed by atoms with Crippen LogP contribution in [0.3, 0.4) is 0 Å². The van der Waals surface area contributed by atoms with Crippen LogP contribution in [0.15, 0.2) is 12.2 Å². The van der Waals surface area contributed by atoms with Gasteiger partial charge in [-0.2, -0.15) is 0 Å². The highest BCUT2D eigenvalue weighted by Crippen LogP contribution is 2.40. The van der Waals surface area contributed by atoms with Crippen molar-refractivity contribution in [1.82, 2.24) is 0 Å². The van der Waals surface area contributed by atoms with Gasteiger partial charge in [0.2, 0.25) is 0 Å². The smallest absolute Gasteiger partial charge is 0.0490 e. The lowest BCUT2D eigenvalue weighted by Crippen LogP contribution is -2.20. The fourth-order valence-electron chi connectivity index (χ4n) is 1.92. The summed E-state index contributed by atoms with van der Waals surface area (Å²) in [4.78, 5) is 0. The molecule has 0 amide bonds. The second-order valence-electron chi connectivity index (χ2n) is 3.64. The first kappa shape index (κ1) is 17.1. The van der Waals surface area contributed by atoms with Gasteiger partial charge in [0, 0.05) is 6.61 Å². The zero-order valence-electron chi connectivity index (χ0n) is 11.3. The summed E-state index contributed by atoms with van der Waals surface area (Å²) in [7, 11) is 0. The van der Waals surface area contributed by atoms with Gasteiger partial charge in [-0.1, -0.05) is 52.7 Å². The van der Waals surface area contributed by atoms with Crippen LogP contribution >= 0.6 is 0 Å². The first-order valence-electron chi connectivity index (χ1n) is 6.55. The van der Waals surface area contributed by atoms with Crippen LogP contribution in [0.5, 0.6) is 0 Å². The molecular weight excluding hydrogens is 184 g/mol. The standard InChI is InChI=1S/C10H18O.2C2H6/c1-2-3-6-10(9-11)7-4-5-8-10;2*1-2/h2-3,11H,4-9H2,1H3;2*1-2H3/b3-2+;;. The number of aliphatic hydroxyl groups excluding tert-OH is 1. The van der Waals surface area contributed by atoms with E-state index in [1.165, 1.54) is 25.7 Å². The number of allylic oxidation sites excluding steroid dienone is 2. The summed E-state index contributed by atoms with van der Waals surface area (Å²) < 4.78 is 0. The lowest BCUT2D eigenvalue weighted by atomic mass is 9.84. The van der Waals surface area contributed by atoms with Crippen LogP contribution in [0.4, 0.5) is 0 Å². The molecule has 0 atom stereocenters. The Morgan fingerprint density at radius 2 is 1.53 bits per heavy atom. The van der Waals surface area contributed by atoms with Crippen LogP contribution in [0.2, 0.25) is 0 Å². The molecule has 1 aliphatic carbocycles. The molecule has 0 saturated heterocycles. The zero-order chi connectivity index (χ0) is 12.2. The van der Waals surface area contributed by atoms with Gasteiger partial charge < -0.3 is 5.11 Å². The minimum atomic E-state index is 0.256. The molecule has 1 aliphatic rings. The van der Waals surface area contributed by atoms with Gasteiger partial charge >= 0.3 is 0 Å². The van der Waals surface area contributed by atoms with Crippen molar-refractivity contribution in [1.29, 1.82) is 0 Å². The Bertz CT molecular complexity index is 132. The predicted molar refractivity (Wildman–Crippen MR) is 70.1 cm³/mol. The fourth-order valence-corrected chi connectivity index (χ4v) is 1.92. The van der Waals surface area contributed by atoms with Crippen LogP contribution in [0.25, 0.3) is 0 Å². The van der Waals surface area contributed by atoms with Crippen LogP contribution in [-0.4, -0.2) is 11.7 Å². The maximum absolute atomic E-state index is 9.21. The van der Waals surface area contributed by atoms with Gasteiger partial charge in [0.05, 0.1) is 0 Å². The van der Waals surface area contributed by atoms with Gasteiger partial charge in [-0.05, 0) is 31.6 Å². The highest BCUT2D eigenvalue weighted by Gasteiger charge is 2.31. The molecule has 0 aromatic carbocycles. The average molecular weight is 214 g/mol. The summed E-state index contributed by atoms with van der Waals surface area (Å²) in [5.74, 6) is 0. The van der Waals surface area contributed by atoms with Crippen molar-refractivity contribution in [3.8, 4) is 0 Å². The van der Waals surface area contributed by atoms with Crippen LogP contribution < -0.4 is 0 Å². The third-order valence-electron chi connectivity index (χ3n) is 2.79. The van der Waals surface area contributed by atoms with Crippen LogP contribution in [0.1, 0.15) is 66.7 Å². The highest BCUT2D eigenvalue weighted by molar-refractivity contribution is 4.92. The summed E-state index contributed by atoms with van der Waals surface area (Å²) in [5.41, 5.74) is 0.256. The highest BCUT2D eigenvalue weighted by atomic mass is 16.3. The molecule has 1 nitrogen and oxygen atoms in total. The zero-order valence-corrected chi connectivity index (χ0v) is 11.3. The molecule has 0 bridgehead atoms. The number of rotatable bonds is 3. The van der Waals surface area contributed by atoms with Crippen molar-refractivity contribution in [3.05, 3.63) is 12.2 Å². The average Bonchev–Trinajstić information content (AvgIpc) is 2.81. The van der Waals surface area contributed by atoms with E-state index >= 15 is 0 Å². The quantitative estimate of drug-likeness (QED) is 0.683. The Morgan fingerprint density at radius 3 is 1.87 bits per heavy atom. The topological polar surface area (TPSA) is 20.2 Å². The second kappa shape index (κ2) is 11.8. The molecule has 0 aromatic rings. The molecule has 92 valence electrons. The van der Waals surface area contributed by atoms with Gasteiger partial charge in [-0.3, -0.25) is 0 Å². The van der Waals surface area contributed by atoms with E-state index in [-0.39, 0.29) is 5.41 Å². The van der Waals surface area contributed by atoms with E-state index in [2.05, 4.69) is 12.2 Å². The normalized spacial score (nSPS) is 17.7. The molecule has 0 radical (unpaired) electrons. The van der Waals surface area contributed by atoms with E-state index in [1.807, 2.05) is 34.6 Å². The van der Waals surface area contributed by atoms with Gasteiger partial charge in [0.1, 0.15) is 0 Å². The van der Waals surface area contributed by atoms with Gasteiger partial charge in [-0.15, -0.1) is 0 Å². The third-order valence-corrected chi connectivity index (χ3v) is 2.79. The summed E-state index contributed by atoms with van der Waals surface area (Å²) in [6.07, 6.45) is 10.4.